The lowest BCUT2D eigenvalue weighted by molar-refractivity contribution is -0.124. The Hall–Kier alpha value is -8.21. The van der Waals surface area contributed by atoms with Gasteiger partial charge in [0.2, 0.25) is 17.7 Å². The summed E-state index contributed by atoms with van der Waals surface area (Å²) in [4.78, 5) is 110. The first kappa shape index (κ1) is 57.5. The SMILES string of the molecule is CC(C)C[C@H](NC(=O)[C@@H](NC(=O)c1cnccn1)c1ccccc1)B1OB([C@H](CC(C)C)NC(=O)[C@@H](NC(=O)c2cnccn2)c2ccccc2)OB([C@H](CC(C)C)NC(=O)[C@@H](NC(=O)c2cnccn2)c2ccccc2)O1. The van der Waals surface area contributed by atoms with Gasteiger partial charge in [0.25, 0.3) is 17.7 Å². The largest absolute Gasteiger partial charge is 0.453 e. The molecule has 6 aromatic rings. The summed E-state index contributed by atoms with van der Waals surface area (Å²) in [6, 6.07) is 22.4. The van der Waals surface area contributed by atoms with Crippen molar-refractivity contribution in [3.63, 3.8) is 0 Å². The standard InChI is InChI=1S/C54H63B3N12O9/c1-34(2)28-43(64-52(73)46(37-16-10-7-11-17-37)67-49(70)40-31-58-22-25-61-40)55-76-56(44(29-35(3)4)65-53(74)47(38-18-12-8-13-19-38)68-50(71)41-32-59-23-26-62-41)78-57(77-55)45(30-36(5)6)66-54(75)48(39-20-14-9-15-21-39)69-51(72)42-33-60-24-27-63-42/h7-27,31-36,43-48H,28-30H2,1-6H3,(H,64,73)(H,65,74)(H,66,75)(H,67,70)(H,68,71)(H,69,72)/t43-,44-,45-,46-,47-,48-/m0/s1. The van der Waals surface area contributed by atoms with Crippen LogP contribution in [0.25, 0.3) is 0 Å². The lowest BCUT2D eigenvalue weighted by Crippen LogP contribution is -2.68. The molecule has 7 rings (SSSR count). The fraction of sp³-hybridized carbons (Fsp3) is 0.333. The zero-order valence-electron chi connectivity index (χ0n) is 44.3. The molecular formula is C54H63B3N12O9. The van der Waals surface area contributed by atoms with Gasteiger partial charge in [0.1, 0.15) is 35.2 Å². The molecule has 1 aliphatic heterocycles. The van der Waals surface area contributed by atoms with Crippen molar-refractivity contribution in [1.82, 2.24) is 61.8 Å². The van der Waals surface area contributed by atoms with E-state index in [-0.39, 0.29) is 54.1 Å². The van der Waals surface area contributed by atoms with Crippen LogP contribution in [0.3, 0.4) is 0 Å². The molecule has 3 aromatic heterocycles. The predicted octanol–water partition coefficient (Wildman–Crippen LogP) is 4.61. The van der Waals surface area contributed by atoms with Crippen LogP contribution in [0.15, 0.2) is 147 Å². The molecule has 6 atom stereocenters. The summed E-state index contributed by atoms with van der Waals surface area (Å²) in [5.41, 5.74) is 1.39. The second-order valence-electron chi connectivity index (χ2n) is 20.0. The number of aromatic nitrogens is 6. The van der Waals surface area contributed by atoms with Gasteiger partial charge >= 0.3 is 21.4 Å². The summed E-state index contributed by atoms with van der Waals surface area (Å²) in [7, 11) is -3.98. The van der Waals surface area contributed by atoms with E-state index < -0.39 is 92.7 Å². The summed E-state index contributed by atoms with van der Waals surface area (Å²) in [5, 5.41) is 17.8. The molecule has 0 bridgehead atoms. The molecule has 0 aliphatic carbocycles. The predicted molar refractivity (Wildman–Crippen MR) is 291 cm³/mol. The van der Waals surface area contributed by atoms with Crippen molar-refractivity contribution in [2.24, 2.45) is 17.8 Å². The fourth-order valence-corrected chi connectivity index (χ4v) is 8.80. The highest BCUT2D eigenvalue weighted by Crippen LogP contribution is 2.26. The second kappa shape index (κ2) is 28.3. The molecule has 24 heteroatoms. The number of amides is 6. The Balaban J connectivity index is 1.27. The van der Waals surface area contributed by atoms with Crippen molar-refractivity contribution in [2.45, 2.75) is 96.8 Å². The minimum Gasteiger partial charge on any atom is -0.450 e. The van der Waals surface area contributed by atoms with Gasteiger partial charge in [-0.2, -0.15) is 0 Å². The highest BCUT2D eigenvalue weighted by atomic mass is 16.7. The molecule has 0 spiro atoms. The molecule has 78 heavy (non-hydrogen) atoms. The molecule has 21 nitrogen and oxygen atoms in total. The van der Waals surface area contributed by atoms with Crippen LogP contribution in [0.2, 0.25) is 0 Å². The lowest BCUT2D eigenvalue weighted by atomic mass is 9.58. The third kappa shape index (κ3) is 16.4. The molecular weight excluding hydrogens is 993 g/mol. The number of carbonyl (C=O) groups excluding carboxylic acids is 6. The molecule has 6 N–H and O–H groups in total. The van der Waals surface area contributed by atoms with E-state index in [0.717, 1.165) is 0 Å². The number of hydrogen-bond donors (Lipinski definition) is 6. The molecule has 6 amide bonds. The fourth-order valence-electron chi connectivity index (χ4n) is 8.80. The number of carbonyl (C=O) groups is 6. The smallest absolute Gasteiger partial charge is 0.450 e. The Labute approximate surface area is 454 Å². The van der Waals surface area contributed by atoms with E-state index in [1.54, 1.807) is 91.0 Å². The van der Waals surface area contributed by atoms with Gasteiger partial charge in [0, 0.05) is 37.2 Å². The first-order valence-corrected chi connectivity index (χ1v) is 25.9. The number of benzene rings is 3. The van der Waals surface area contributed by atoms with Crippen molar-refractivity contribution in [3.05, 3.63) is 181 Å². The molecule has 1 aliphatic rings. The maximum Gasteiger partial charge on any atom is 0.453 e. The van der Waals surface area contributed by atoms with Gasteiger partial charge in [-0.25, -0.2) is 15.0 Å². The molecule has 4 heterocycles. The summed E-state index contributed by atoms with van der Waals surface area (Å²) in [6.07, 6.45) is 13.1. The Morgan fingerprint density at radius 2 is 0.641 bits per heavy atom. The first-order chi connectivity index (χ1) is 37.6. The van der Waals surface area contributed by atoms with Crippen molar-refractivity contribution < 1.29 is 42.5 Å². The molecule has 0 saturated carbocycles. The minimum atomic E-state index is -1.33. The molecule has 1 fully saturated rings. The molecule has 0 unspecified atom stereocenters. The van der Waals surface area contributed by atoms with E-state index in [1.165, 1.54) is 55.8 Å². The summed E-state index contributed by atoms with van der Waals surface area (Å²) >= 11 is 0. The highest BCUT2D eigenvalue weighted by Gasteiger charge is 2.52. The van der Waals surface area contributed by atoms with Crippen LogP contribution in [0, 0.1) is 17.8 Å². The molecule has 3 aromatic carbocycles. The Bertz CT molecular complexity index is 2580. The van der Waals surface area contributed by atoms with Gasteiger partial charge in [-0.3, -0.25) is 43.7 Å². The maximum atomic E-state index is 14.9. The summed E-state index contributed by atoms with van der Waals surface area (Å²) < 4.78 is 20.5. The zero-order chi connectivity index (χ0) is 55.6. The number of nitrogens with zero attached hydrogens (tertiary/aromatic N) is 6. The average Bonchev–Trinajstić information content (AvgIpc) is 3.47. The Morgan fingerprint density at radius 1 is 0.385 bits per heavy atom. The first-order valence-electron chi connectivity index (χ1n) is 25.9. The third-order valence-electron chi connectivity index (χ3n) is 12.3. The van der Waals surface area contributed by atoms with Crippen molar-refractivity contribution >= 4 is 56.8 Å². The van der Waals surface area contributed by atoms with E-state index in [0.29, 0.717) is 16.7 Å². The van der Waals surface area contributed by atoms with Crippen molar-refractivity contribution in [2.75, 3.05) is 0 Å². The molecule has 1 saturated heterocycles. The van der Waals surface area contributed by atoms with Crippen LogP contribution in [0.4, 0.5) is 0 Å². The Morgan fingerprint density at radius 3 is 0.859 bits per heavy atom. The second-order valence-corrected chi connectivity index (χ2v) is 20.0. The lowest BCUT2D eigenvalue weighted by Gasteiger charge is -2.41. The van der Waals surface area contributed by atoms with Gasteiger partial charge in [-0.15, -0.1) is 0 Å². The van der Waals surface area contributed by atoms with Crippen LogP contribution in [0.5, 0.6) is 0 Å². The average molecular weight is 1060 g/mol. The summed E-state index contributed by atoms with van der Waals surface area (Å²) in [5.74, 6) is -6.88. The van der Waals surface area contributed by atoms with E-state index in [9.17, 15) is 28.8 Å². The van der Waals surface area contributed by atoms with Gasteiger partial charge in [0.05, 0.1) is 36.4 Å². The van der Waals surface area contributed by atoms with Crippen molar-refractivity contribution in [3.8, 4) is 0 Å². The zero-order valence-corrected chi connectivity index (χ0v) is 44.3. The molecule has 0 radical (unpaired) electrons. The van der Waals surface area contributed by atoms with Gasteiger partial charge in [-0.05, 0) is 53.7 Å². The third-order valence-corrected chi connectivity index (χ3v) is 12.3. The van der Waals surface area contributed by atoms with Crippen molar-refractivity contribution in [1.29, 1.82) is 0 Å². The van der Waals surface area contributed by atoms with Gasteiger partial charge in [-0.1, -0.05) is 133 Å². The minimum absolute atomic E-state index is 0.00570. The van der Waals surface area contributed by atoms with E-state index >= 15 is 0 Å². The maximum absolute atomic E-state index is 14.9. The van der Waals surface area contributed by atoms with E-state index in [4.69, 9.17) is 13.7 Å². The van der Waals surface area contributed by atoms with Crippen LogP contribution < -0.4 is 31.9 Å². The van der Waals surface area contributed by atoms with Crippen LogP contribution in [-0.2, 0) is 28.1 Å². The van der Waals surface area contributed by atoms with E-state index in [2.05, 4.69) is 61.8 Å². The normalized spacial score (nSPS) is 14.8. The van der Waals surface area contributed by atoms with Gasteiger partial charge in [0.15, 0.2) is 0 Å². The molecule has 402 valence electrons. The highest BCUT2D eigenvalue weighted by molar-refractivity contribution is 6.75. The topological polar surface area (TPSA) is 280 Å². The number of hydrogen-bond acceptors (Lipinski definition) is 15. The van der Waals surface area contributed by atoms with E-state index in [1.807, 2.05) is 41.5 Å². The monoisotopic (exact) mass is 1060 g/mol. The Kier molecular flexibility index (Phi) is 20.8. The van der Waals surface area contributed by atoms with Crippen LogP contribution in [0.1, 0.15) is 127 Å². The van der Waals surface area contributed by atoms with Crippen LogP contribution >= 0.6 is 0 Å². The number of rotatable bonds is 24. The number of nitrogens with one attached hydrogen (secondary N) is 6. The summed E-state index contributed by atoms with van der Waals surface area (Å²) in [6.45, 7) is 11.7. The van der Waals surface area contributed by atoms with Gasteiger partial charge < -0.3 is 45.6 Å². The van der Waals surface area contributed by atoms with Crippen LogP contribution in [-0.4, -0.2) is 105 Å². The quantitative estimate of drug-likeness (QED) is 0.0452.